The van der Waals surface area contributed by atoms with E-state index in [0.717, 1.165) is 48.7 Å². The summed E-state index contributed by atoms with van der Waals surface area (Å²) in [6, 6.07) is 7.98. The highest BCUT2D eigenvalue weighted by molar-refractivity contribution is 7.99. The maximum atomic E-state index is 12.0. The quantitative estimate of drug-likeness (QED) is 0.769. The van der Waals surface area contributed by atoms with Crippen molar-refractivity contribution >= 4 is 34.6 Å². The van der Waals surface area contributed by atoms with Gasteiger partial charge in [-0.15, -0.1) is 0 Å². The van der Waals surface area contributed by atoms with E-state index in [1.807, 2.05) is 29.2 Å². The maximum absolute atomic E-state index is 12.0. The first kappa shape index (κ1) is 17.8. The molecule has 1 aromatic carbocycles. The predicted octanol–water partition coefficient (Wildman–Crippen LogP) is 2.28. The molecule has 2 heterocycles. The van der Waals surface area contributed by atoms with E-state index in [9.17, 15) is 9.59 Å². The molecule has 25 heavy (non-hydrogen) atoms. The first-order valence-corrected chi connectivity index (χ1v) is 9.80. The molecule has 1 fully saturated rings. The molecule has 1 aliphatic rings. The van der Waals surface area contributed by atoms with Crippen LogP contribution in [-0.2, 0) is 16.1 Å². The number of nitrogens with zero attached hydrogens (tertiary/aromatic N) is 3. The second-order valence-electron chi connectivity index (χ2n) is 6.10. The average molecular weight is 360 g/mol. The molecule has 0 atom stereocenters. The number of thioether (sulfide) groups is 1. The van der Waals surface area contributed by atoms with Crippen molar-refractivity contribution in [3.8, 4) is 0 Å². The highest BCUT2D eigenvalue weighted by Gasteiger charge is 2.17. The van der Waals surface area contributed by atoms with Crippen LogP contribution in [0.2, 0.25) is 0 Å². The molecule has 3 rings (SSSR count). The fourth-order valence-electron chi connectivity index (χ4n) is 3.08. The molecule has 2 aromatic rings. The molecule has 0 radical (unpaired) electrons. The van der Waals surface area contributed by atoms with Crippen molar-refractivity contribution in [3.63, 3.8) is 0 Å². The van der Waals surface area contributed by atoms with E-state index in [0.29, 0.717) is 18.7 Å². The zero-order valence-corrected chi connectivity index (χ0v) is 15.3. The normalized spacial score (nSPS) is 14.2. The van der Waals surface area contributed by atoms with Gasteiger partial charge in [0.2, 0.25) is 11.8 Å². The molecule has 1 saturated heterocycles. The van der Waals surface area contributed by atoms with Crippen molar-refractivity contribution in [1.82, 2.24) is 19.8 Å². The monoisotopic (exact) mass is 360 g/mol. The summed E-state index contributed by atoms with van der Waals surface area (Å²) in [5, 5.41) is 3.69. The molecule has 134 valence electrons. The number of amides is 2. The predicted molar refractivity (Wildman–Crippen MR) is 99.6 cm³/mol. The van der Waals surface area contributed by atoms with Gasteiger partial charge in [-0.05, 0) is 31.9 Å². The van der Waals surface area contributed by atoms with Gasteiger partial charge in [-0.2, -0.15) is 0 Å². The number of hydrogen-bond donors (Lipinski definition) is 1. The third-order valence-corrected chi connectivity index (χ3v) is 5.36. The fourth-order valence-corrected chi connectivity index (χ4v) is 3.99. The van der Waals surface area contributed by atoms with E-state index in [-0.39, 0.29) is 11.8 Å². The van der Waals surface area contributed by atoms with Crippen LogP contribution in [0.5, 0.6) is 0 Å². The zero-order valence-electron chi connectivity index (χ0n) is 14.5. The van der Waals surface area contributed by atoms with Crippen LogP contribution < -0.4 is 5.32 Å². The Morgan fingerprint density at radius 2 is 2.00 bits per heavy atom. The number of carbonyl (C=O) groups excluding carboxylic acids is 2. The first-order chi connectivity index (χ1) is 12.2. The van der Waals surface area contributed by atoms with Crippen LogP contribution in [-0.4, -0.2) is 51.7 Å². The Balaban J connectivity index is 1.46. The molecule has 2 amide bonds. The van der Waals surface area contributed by atoms with Gasteiger partial charge in [0, 0.05) is 32.6 Å². The first-order valence-electron chi connectivity index (χ1n) is 8.81. The van der Waals surface area contributed by atoms with Crippen LogP contribution in [0.4, 0.5) is 0 Å². The summed E-state index contributed by atoms with van der Waals surface area (Å²) in [6.07, 6.45) is 2.56. The number of imidazole rings is 1. The fraction of sp³-hybridized carbons (Fsp3) is 0.500. The minimum Gasteiger partial charge on any atom is -0.355 e. The van der Waals surface area contributed by atoms with Crippen molar-refractivity contribution in [2.45, 2.75) is 37.9 Å². The summed E-state index contributed by atoms with van der Waals surface area (Å²) in [7, 11) is 0. The van der Waals surface area contributed by atoms with Crippen LogP contribution in [0.25, 0.3) is 11.0 Å². The van der Waals surface area contributed by atoms with E-state index in [2.05, 4.69) is 21.8 Å². The van der Waals surface area contributed by atoms with E-state index in [4.69, 9.17) is 0 Å². The van der Waals surface area contributed by atoms with Crippen molar-refractivity contribution in [2.24, 2.45) is 0 Å². The molecule has 6 nitrogen and oxygen atoms in total. The number of fused-ring (bicyclic) bond motifs is 1. The summed E-state index contributed by atoms with van der Waals surface area (Å²) in [4.78, 5) is 30.5. The molecular formula is C18H24N4O2S. The lowest BCUT2D eigenvalue weighted by atomic mass is 10.3. The number of para-hydroxylation sites is 2. The van der Waals surface area contributed by atoms with Crippen molar-refractivity contribution < 1.29 is 9.59 Å². The average Bonchev–Trinajstić information content (AvgIpc) is 3.27. The summed E-state index contributed by atoms with van der Waals surface area (Å²) in [6.45, 7) is 5.00. The van der Waals surface area contributed by atoms with Crippen LogP contribution in [0.15, 0.2) is 29.4 Å². The van der Waals surface area contributed by atoms with E-state index in [1.54, 1.807) is 0 Å². The Labute approximate surface area is 152 Å². The number of carbonyl (C=O) groups is 2. The van der Waals surface area contributed by atoms with Crippen LogP contribution in [0, 0.1) is 0 Å². The summed E-state index contributed by atoms with van der Waals surface area (Å²) in [5.74, 6) is 0.383. The Hall–Kier alpha value is -2.02. The minimum atomic E-state index is -0.0612. The van der Waals surface area contributed by atoms with E-state index in [1.165, 1.54) is 11.8 Å². The van der Waals surface area contributed by atoms with Gasteiger partial charge in [-0.25, -0.2) is 4.98 Å². The molecule has 0 aliphatic carbocycles. The highest BCUT2D eigenvalue weighted by Crippen LogP contribution is 2.23. The molecule has 1 N–H and O–H groups in total. The lowest BCUT2D eigenvalue weighted by Gasteiger charge is -2.15. The smallest absolute Gasteiger partial charge is 0.230 e. The molecule has 0 saturated carbocycles. The zero-order chi connectivity index (χ0) is 17.6. The largest absolute Gasteiger partial charge is 0.355 e. The van der Waals surface area contributed by atoms with Gasteiger partial charge >= 0.3 is 0 Å². The number of hydrogen-bond acceptors (Lipinski definition) is 4. The Morgan fingerprint density at radius 1 is 1.24 bits per heavy atom. The molecule has 7 heteroatoms. The summed E-state index contributed by atoms with van der Waals surface area (Å²) >= 11 is 1.43. The second-order valence-corrected chi connectivity index (χ2v) is 7.05. The van der Waals surface area contributed by atoms with Gasteiger partial charge in [0.05, 0.1) is 16.8 Å². The van der Waals surface area contributed by atoms with E-state index < -0.39 is 0 Å². The topological polar surface area (TPSA) is 67.2 Å². The lowest BCUT2D eigenvalue weighted by Crippen LogP contribution is -2.33. The maximum Gasteiger partial charge on any atom is 0.230 e. The van der Waals surface area contributed by atoms with Crippen LogP contribution in [0.1, 0.15) is 26.2 Å². The van der Waals surface area contributed by atoms with E-state index >= 15 is 0 Å². The lowest BCUT2D eigenvalue weighted by molar-refractivity contribution is -0.130. The van der Waals surface area contributed by atoms with Gasteiger partial charge in [0.1, 0.15) is 0 Å². The number of benzene rings is 1. The number of rotatable bonds is 7. The summed E-state index contributed by atoms with van der Waals surface area (Å²) in [5.41, 5.74) is 2.03. The van der Waals surface area contributed by atoms with Gasteiger partial charge in [-0.3, -0.25) is 9.59 Å². The third kappa shape index (κ3) is 4.34. The summed E-state index contributed by atoms with van der Waals surface area (Å²) < 4.78 is 2.12. The number of aromatic nitrogens is 2. The number of nitrogens with one attached hydrogen (secondary N) is 1. The molecule has 1 aliphatic heterocycles. The molecule has 0 bridgehead atoms. The second kappa shape index (κ2) is 8.38. The Kier molecular flexibility index (Phi) is 5.96. The van der Waals surface area contributed by atoms with Gasteiger partial charge < -0.3 is 14.8 Å². The number of aryl methyl sites for hydroxylation is 1. The van der Waals surface area contributed by atoms with Gasteiger partial charge in [-0.1, -0.05) is 23.9 Å². The number of likely N-dealkylation sites (tertiary alicyclic amines) is 1. The van der Waals surface area contributed by atoms with Gasteiger partial charge in [0.15, 0.2) is 5.16 Å². The SMILES string of the molecule is CCn1c(SCC(=O)NCCC(=O)N2CCCC2)nc2ccccc21. The molecular weight excluding hydrogens is 336 g/mol. The highest BCUT2D eigenvalue weighted by atomic mass is 32.2. The Morgan fingerprint density at radius 3 is 2.76 bits per heavy atom. The van der Waals surface area contributed by atoms with Crippen molar-refractivity contribution in [1.29, 1.82) is 0 Å². The molecule has 0 unspecified atom stereocenters. The molecule has 0 spiro atoms. The Bertz CT molecular complexity index is 753. The van der Waals surface area contributed by atoms with Gasteiger partial charge in [0.25, 0.3) is 0 Å². The van der Waals surface area contributed by atoms with Crippen LogP contribution in [0.3, 0.4) is 0 Å². The van der Waals surface area contributed by atoms with Crippen LogP contribution >= 0.6 is 11.8 Å². The van der Waals surface area contributed by atoms with Crippen molar-refractivity contribution in [2.75, 3.05) is 25.4 Å². The third-order valence-electron chi connectivity index (χ3n) is 4.39. The standard InChI is InChI=1S/C18H24N4O2S/c1-2-22-15-8-4-3-7-14(15)20-18(22)25-13-16(23)19-10-9-17(24)21-11-5-6-12-21/h3-4,7-8H,2,5-6,9-13H2,1H3,(H,19,23). The minimum absolute atomic E-state index is 0.0612. The molecule has 1 aromatic heterocycles. The van der Waals surface area contributed by atoms with Crippen molar-refractivity contribution in [3.05, 3.63) is 24.3 Å².